The van der Waals surface area contributed by atoms with Crippen LogP contribution in [0, 0.1) is 0 Å². The Morgan fingerprint density at radius 3 is 2.63 bits per heavy atom. The topological polar surface area (TPSA) is 114 Å². The second-order valence-electron chi connectivity index (χ2n) is 9.26. The number of benzene rings is 1. The number of imidazole rings is 2. The van der Waals surface area contributed by atoms with Crippen LogP contribution in [-0.2, 0) is 11.3 Å². The van der Waals surface area contributed by atoms with E-state index < -0.39 is 5.60 Å². The molecule has 1 amide bonds. The average Bonchev–Trinajstić information content (AvgIpc) is 3.48. The minimum Gasteiger partial charge on any atom is -0.444 e. The smallest absolute Gasteiger partial charge is 0.410 e. The summed E-state index contributed by atoms with van der Waals surface area (Å²) in [6.45, 7) is 11.5. The molecule has 4 heterocycles. The molecule has 2 N–H and O–H groups in total. The number of nitrogens with one attached hydrogen (secondary N) is 2. The van der Waals surface area contributed by atoms with Crippen LogP contribution in [-0.4, -0.2) is 59.2 Å². The third-order valence-corrected chi connectivity index (χ3v) is 5.79. The van der Waals surface area contributed by atoms with Crippen molar-refractivity contribution in [1.82, 2.24) is 34.4 Å². The highest BCUT2D eigenvalue weighted by Gasteiger charge is 2.29. The van der Waals surface area contributed by atoms with Gasteiger partial charge in [0.05, 0.1) is 23.9 Å². The van der Waals surface area contributed by atoms with Crippen LogP contribution < -0.4 is 5.32 Å². The number of aromatic nitrogens is 6. The number of aromatic amines is 1. The minimum atomic E-state index is -0.492. The quantitative estimate of drug-likeness (QED) is 0.428. The number of nitrogens with zero attached hydrogens (tertiary/aromatic N) is 6. The van der Waals surface area contributed by atoms with Crippen molar-refractivity contribution in [2.75, 3.05) is 18.4 Å². The molecular weight excluding hydrogens is 444 g/mol. The van der Waals surface area contributed by atoms with E-state index in [9.17, 15) is 4.79 Å². The molecule has 0 bridgehead atoms. The van der Waals surface area contributed by atoms with Crippen LogP contribution in [0.25, 0.3) is 22.2 Å². The average molecular weight is 479 g/mol. The first-order chi connectivity index (χ1) is 16.9. The second kappa shape index (κ2) is 10.3. The van der Waals surface area contributed by atoms with Gasteiger partial charge in [0.1, 0.15) is 23.3 Å². The summed E-state index contributed by atoms with van der Waals surface area (Å²) in [5.74, 6) is 1.62. The zero-order chi connectivity index (χ0) is 25.0. The zero-order valence-electron chi connectivity index (χ0n) is 21.1. The lowest BCUT2D eigenvalue weighted by Crippen LogP contribution is -2.42. The first-order valence-electron chi connectivity index (χ1n) is 12.2. The van der Waals surface area contributed by atoms with Crippen molar-refractivity contribution < 1.29 is 9.53 Å². The standard InChI is InChI=1S/C23H28N8O2.C2H6/c1-23(2,3)33-22(32)30-10-8-15(9-11-30)31-17-7-5-4-6-16(17)29-18(31)12-24-20-19-21(26-13-25-19)28-14-27-20;1-2/h4-7,13-15H,8-12H2,1-3H3,(H2,24,25,26,27,28);1-2H3. The van der Waals surface area contributed by atoms with Gasteiger partial charge in [-0.1, -0.05) is 26.0 Å². The number of para-hydroxylation sites is 2. The van der Waals surface area contributed by atoms with E-state index in [0.29, 0.717) is 31.1 Å². The molecule has 0 atom stereocenters. The largest absolute Gasteiger partial charge is 0.444 e. The van der Waals surface area contributed by atoms with E-state index in [1.165, 1.54) is 6.33 Å². The van der Waals surface area contributed by atoms with E-state index in [1.54, 1.807) is 11.2 Å². The Morgan fingerprint density at radius 2 is 1.89 bits per heavy atom. The molecule has 186 valence electrons. The molecule has 1 aliphatic rings. The summed E-state index contributed by atoms with van der Waals surface area (Å²) in [5.41, 5.74) is 2.95. The highest BCUT2D eigenvalue weighted by molar-refractivity contribution is 5.82. The van der Waals surface area contributed by atoms with Gasteiger partial charge in [0, 0.05) is 19.1 Å². The van der Waals surface area contributed by atoms with Crippen LogP contribution in [0.5, 0.6) is 0 Å². The molecule has 5 rings (SSSR count). The Kier molecular flexibility index (Phi) is 7.18. The van der Waals surface area contributed by atoms with Crippen LogP contribution in [0.1, 0.15) is 59.3 Å². The van der Waals surface area contributed by atoms with Crippen LogP contribution >= 0.6 is 0 Å². The van der Waals surface area contributed by atoms with E-state index >= 15 is 0 Å². The number of amides is 1. The fourth-order valence-electron chi connectivity index (χ4n) is 4.32. The van der Waals surface area contributed by atoms with Gasteiger partial charge >= 0.3 is 6.09 Å². The second-order valence-corrected chi connectivity index (χ2v) is 9.26. The van der Waals surface area contributed by atoms with Crippen molar-refractivity contribution in [1.29, 1.82) is 0 Å². The Labute approximate surface area is 205 Å². The SMILES string of the molecule is CC.CC(C)(C)OC(=O)N1CCC(n2c(CNc3ncnc4nc[nH]c34)nc3ccccc32)CC1. The summed E-state index contributed by atoms with van der Waals surface area (Å²) in [6, 6.07) is 8.41. The maximum atomic E-state index is 12.5. The lowest BCUT2D eigenvalue weighted by molar-refractivity contribution is 0.0189. The number of rotatable bonds is 4. The van der Waals surface area contributed by atoms with Gasteiger partial charge in [0.15, 0.2) is 11.5 Å². The predicted octanol–water partition coefficient (Wildman–Crippen LogP) is 4.91. The molecule has 0 saturated carbocycles. The lowest BCUT2D eigenvalue weighted by Gasteiger charge is -2.34. The number of hydrogen-bond donors (Lipinski definition) is 2. The number of hydrogen-bond acceptors (Lipinski definition) is 7. The van der Waals surface area contributed by atoms with Crippen LogP contribution in [0.2, 0.25) is 0 Å². The van der Waals surface area contributed by atoms with Gasteiger partial charge in [-0.25, -0.2) is 24.7 Å². The summed E-state index contributed by atoms with van der Waals surface area (Å²) >= 11 is 0. The van der Waals surface area contributed by atoms with Gasteiger partial charge in [-0.15, -0.1) is 0 Å². The summed E-state index contributed by atoms with van der Waals surface area (Å²) in [6.07, 6.45) is 4.54. The number of H-pyrrole nitrogens is 1. The predicted molar refractivity (Wildman–Crippen MR) is 136 cm³/mol. The number of ether oxygens (including phenoxy) is 1. The maximum absolute atomic E-state index is 12.5. The van der Waals surface area contributed by atoms with Crippen LogP contribution in [0.4, 0.5) is 10.6 Å². The highest BCUT2D eigenvalue weighted by atomic mass is 16.6. The molecule has 0 spiro atoms. The summed E-state index contributed by atoms with van der Waals surface area (Å²) in [5, 5.41) is 3.39. The molecule has 0 radical (unpaired) electrons. The summed E-state index contributed by atoms with van der Waals surface area (Å²) in [7, 11) is 0. The lowest BCUT2D eigenvalue weighted by atomic mass is 10.0. The molecule has 10 heteroatoms. The van der Waals surface area contributed by atoms with Crippen molar-refractivity contribution in [3.05, 3.63) is 42.7 Å². The van der Waals surface area contributed by atoms with Crippen LogP contribution in [0.3, 0.4) is 0 Å². The normalized spacial score (nSPS) is 14.6. The number of anilines is 1. The fourth-order valence-corrected chi connectivity index (χ4v) is 4.32. The first-order valence-corrected chi connectivity index (χ1v) is 12.2. The number of carbonyl (C=O) groups excluding carboxylic acids is 1. The van der Waals surface area contributed by atoms with Crippen molar-refractivity contribution in [2.45, 2.75) is 65.6 Å². The third-order valence-electron chi connectivity index (χ3n) is 5.79. The molecule has 4 aromatic rings. The molecule has 1 saturated heterocycles. The monoisotopic (exact) mass is 478 g/mol. The summed E-state index contributed by atoms with van der Waals surface area (Å²) in [4.78, 5) is 35.0. The zero-order valence-corrected chi connectivity index (χ0v) is 21.1. The van der Waals surface area contributed by atoms with E-state index in [4.69, 9.17) is 9.72 Å². The van der Waals surface area contributed by atoms with Gasteiger partial charge in [0.2, 0.25) is 0 Å². The van der Waals surface area contributed by atoms with Crippen molar-refractivity contribution in [2.24, 2.45) is 0 Å². The Morgan fingerprint density at radius 1 is 1.14 bits per heavy atom. The van der Waals surface area contributed by atoms with Gasteiger partial charge < -0.3 is 24.5 Å². The molecule has 3 aromatic heterocycles. The Balaban J connectivity index is 0.00000141. The van der Waals surface area contributed by atoms with Crippen LogP contribution in [0.15, 0.2) is 36.9 Å². The molecule has 10 nitrogen and oxygen atoms in total. The van der Waals surface area contributed by atoms with E-state index in [1.807, 2.05) is 52.8 Å². The van der Waals surface area contributed by atoms with Crippen molar-refractivity contribution >= 4 is 34.1 Å². The van der Waals surface area contributed by atoms with Crippen molar-refractivity contribution in [3.8, 4) is 0 Å². The van der Waals surface area contributed by atoms with Gasteiger partial charge in [-0.3, -0.25) is 0 Å². The Bertz CT molecular complexity index is 1280. The van der Waals surface area contributed by atoms with E-state index in [2.05, 4.69) is 35.9 Å². The first kappa shape index (κ1) is 24.4. The molecule has 35 heavy (non-hydrogen) atoms. The number of fused-ring (bicyclic) bond motifs is 2. The molecule has 0 unspecified atom stereocenters. The maximum Gasteiger partial charge on any atom is 0.410 e. The molecule has 1 fully saturated rings. The van der Waals surface area contributed by atoms with Gasteiger partial charge in [0.25, 0.3) is 0 Å². The third kappa shape index (κ3) is 5.36. The highest BCUT2D eigenvalue weighted by Crippen LogP contribution is 2.30. The van der Waals surface area contributed by atoms with Gasteiger partial charge in [-0.05, 0) is 45.7 Å². The van der Waals surface area contributed by atoms with E-state index in [0.717, 1.165) is 35.2 Å². The molecule has 0 aliphatic carbocycles. The van der Waals surface area contributed by atoms with E-state index in [-0.39, 0.29) is 12.1 Å². The molecular formula is C25H34N8O2. The summed E-state index contributed by atoms with van der Waals surface area (Å²) < 4.78 is 7.86. The fraction of sp³-hybridized carbons (Fsp3) is 0.480. The number of piperidine rings is 1. The number of carbonyl (C=O) groups is 1. The Hall–Kier alpha value is -3.69. The van der Waals surface area contributed by atoms with Gasteiger partial charge in [-0.2, -0.15) is 0 Å². The minimum absolute atomic E-state index is 0.241. The molecule has 1 aromatic carbocycles. The van der Waals surface area contributed by atoms with Crippen molar-refractivity contribution in [3.63, 3.8) is 0 Å². The molecule has 1 aliphatic heterocycles. The number of likely N-dealkylation sites (tertiary alicyclic amines) is 1.